The van der Waals surface area contributed by atoms with Crippen molar-refractivity contribution in [3.63, 3.8) is 0 Å². The van der Waals surface area contributed by atoms with Crippen molar-refractivity contribution in [2.24, 2.45) is 0 Å². The van der Waals surface area contributed by atoms with Crippen LogP contribution in [-0.4, -0.2) is 12.1 Å². The molecule has 0 spiro atoms. The Morgan fingerprint density at radius 2 is 2.06 bits per heavy atom. The van der Waals surface area contributed by atoms with Crippen LogP contribution in [0, 0.1) is 0 Å². The summed E-state index contributed by atoms with van der Waals surface area (Å²) < 4.78 is 10.5. The molecule has 0 unspecified atom stereocenters. The van der Waals surface area contributed by atoms with Crippen molar-refractivity contribution >= 4 is 16.3 Å². The van der Waals surface area contributed by atoms with Crippen molar-refractivity contribution in [2.75, 3.05) is 12.8 Å². The van der Waals surface area contributed by atoms with E-state index >= 15 is 0 Å². The highest BCUT2D eigenvalue weighted by Gasteiger charge is 2.00. The SMILES string of the molecule is COc1ccc(COc2ncc(N)s2)cc1. The monoisotopic (exact) mass is 236 g/mol. The first kappa shape index (κ1) is 10.8. The number of ether oxygens (including phenoxy) is 2. The van der Waals surface area contributed by atoms with Crippen molar-refractivity contribution in [2.45, 2.75) is 6.61 Å². The van der Waals surface area contributed by atoms with E-state index in [1.54, 1.807) is 13.3 Å². The van der Waals surface area contributed by atoms with Gasteiger partial charge in [-0.3, -0.25) is 0 Å². The number of hydrogen-bond donors (Lipinski definition) is 1. The molecule has 84 valence electrons. The normalized spacial score (nSPS) is 10.1. The molecule has 4 nitrogen and oxygen atoms in total. The van der Waals surface area contributed by atoms with Gasteiger partial charge < -0.3 is 15.2 Å². The second-order valence-electron chi connectivity index (χ2n) is 3.17. The number of nitrogens with two attached hydrogens (primary N) is 1. The number of nitrogen functional groups attached to an aromatic ring is 1. The summed E-state index contributed by atoms with van der Waals surface area (Å²) >= 11 is 1.33. The van der Waals surface area contributed by atoms with Gasteiger partial charge in [0, 0.05) is 0 Å². The fraction of sp³-hybridized carbons (Fsp3) is 0.182. The van der Waals surface area contributed by atoms with Gasteiger partial charge >= 0.3 is 0 Å². The van der Waals surface area contributed by atoms with Gasteiger partial charge in [0.2, 0.25) is 0 Å². The summed E-state index contributed by atoms with van der Waals surface area (Å²) in [5, 5.41) is 1.25. The van der Waals surface area contributed by atoms with Crippen LogP contribution in [0.3, 0.4) is 0 Å². The lowest BCUT2D eigenvalue weighted by molar-refractivity contribution is 0.304. The molecule has 16 heavy (non-hydrogen) atoms. The largest absolute Gasteiger partial charge is 0.497 e. The van der Waals surface area contributed by atoms with Crippen molar-refractivity contribution < 1.29 is 9.47 Å². The van der Waals surface area contributed by atoms with Crippen LogP contribution in [0.4, 0.5) is 5.00 Å². The molecule has 0 aliphatic carbocycles. The smallest absolute Gasteiger partial charge is 0.275 e. The van der Waals surface area contributed by atoms with E-state index in [1.807, 2.05) is 24.3 Å². The Hall–Kier alpha value is -1.75. The average Bonchev–Trinajstić information content (AvgIpc) is 2.73. The molecule has 0 aliphatic rings. The molecule has 2 rings (SSSR count). The Balaban J connectivity index is 1.94. The number of methoxy groups -OCH3 is 1. The molecule has 0 aliphatic heterocycles. The summed E-state index contributed by atoms with van der Waals surface area (Å²) in [5.41, 5.74) is 6.61. The van der Waals surface area contributed by atoms with Gasteiger partial charge in [-0.25, -0.2) is 4.98 Å². The van der Waals surface area contributed by atoms with Crippen molar-refractivity contribution in [1.29, 1.82) is 0 Å². The lowest BCUT2D eigenvalue weighted by atomic mass is 10.2. The first-order valence-electron chi connectivity index (χ1n) is 4.75. The predicted octanol–water partition coefficient (Wildman–Crippen LogP) is 2.31. The quantitative estimate of drug-likeness (QED) is 0.885. The Morgan fingerprint density at radius 1 is 1.31 bits per heavy atom. The Kier molecular flexibility index (Phi) is 3.26. The summed E-state index contributed by atoms with van der Waals surface area (Å²) in [6, 6.07) is 7.70. The molecular weight excluding hydrogens is 224 g/mol. The van der Waals surface area contributed by atoms with Crippen LogP contribution >= 0.6 is 11.3 Å². The van der Waals surface area contributed by atoms with Crippen LogP contribution in [0.1, 0.15) is 5.56 Å². The van der Waals surface area contributed by atoms with Gasteiger partial charge in [0.15, 0.2) is 0 Å². The van der Waals surface area contributed by atoms with Crippen LogP contribution in [0.25, 0.3) is 0 Å². The Morgan fingerprint density at radius 3 is 2.62 bits per heavy atom. The molecule has 0 fully saturated rings. The van der Waals surface area contributed by atoms with Crippen molar-refractivity contribution in [3.8, 4) is 10.9 Å². The highest BCUT2D eigenvalue weighted by atomic mass is 32.1. The van der Waals surface area contributed by atoms with Gasteiger partial charge in [-0.05, 0) is 17.7 Å². The standard InChI is InChI=1S/C11H12N2O2S/c1-14-9-4-2-8(3-5-9)7-15-11-13-6-10(12)16-11/h2-6H,7,12H2,1H3. The molecule has 1 aromatic carbocycles. The summed E-state index contributed by atoms with van der Waals surface area (Å²) in [6.45, 7) is 0.483. The fourth-order valence-corrected chi connectivity index (χ4v) is 1.73. The Bertz CT molecular complexity index is 453. The van der Waals surface area contributed by atoms with E-state index in [0.717, 1.165) is 11.3 Å². The number of aromatic nitrogens is 1. The number of thiazole rings is 1. The van der Waals surface area contributed by atoms with Crippen LogP contribution in [-0.2, 0) is 6.61 Å². The third-order valence-corrected chi connectivity index (χ3v) is 2.76. The highest BCUT2D eigenvalue weighted by molar-refractivity contribution is 7.17. The molecule has 1 aromatic heterocycles. The van der Waals surface area contributed by atoms with Crippen LogP contribution in [0.15, 0.2) is 30.5 Å². The topological polar surface area (TPSA) is 57.4 Å². The van der Waals surface area contributed by atoms with Gasteiger partial charge in [-0.2, -0.15) is 0 Å². The second kappa shape index (κ2) is 4.85. The minimum atomic E-state index is 0.483. The molecule has 2 aromatic rings. The lowest BCUT2D eigenvalue weighted by Crippen LogP contribution is -1.94. The third-order valence-electron chi connectivity index (χ3n) is 2.02. The molecule has 2 N–H and O–H groups in total. The molecular formula is C11H12N2O2S. The molecule has 0 bridgehead atoms. The van der Waals surface area contributed by atoms with Gasteiger partial charge in [0.25, 0.3) is 5.19 Å². The predicted molar refractivity (Wildman–Crippen MR) is 63.9 cm³/mol. The summed E-state index contributed by atoms with van der Waals surface area (Å²) in [5.74, 6) is 0.835. The first-order chi connectivity index (χ1) is 7.78. The molecule has 0 saturated heterocycles. The van der Waals surface area contributed by atoms with Crippen molar-refractivity contribution in [1.82, 2.24) is 4.98 Å². The molecule has 5 heteroatoms. The third kappa shape index (κ3) is 2.64. The second-order valence-corrected chi connectivity index (χ2v) is 4.19. The zero-order valence-electron chi connectivity index (χ0n) is 8.84. The maximum absolute atomic E-state index is 5.54. The maximum Gasteiger partial charge on any atom is 0.275 e. The van der Waals surface area contributed by atoms with E-state index in [-0.39, 0.29) is 0 Å². The number of hydrogen-bond acceptors (Lipinski definition) is 5. The van der Waals surface area contributed by atoms with E-state index in [1.165, 1.54) is 11.3 Å². The van der Waals surface area contributed by atoms with Gasteiger partial charge in [-0.1, -0.05) is 23.5 Å². The molecule has 0 atom stereocenters. The van der Waals surface area contributed by atoms with Crippen molar-refractivity contribution in [3.05, 3.63) is 36.0 Å². The Labute approximate surface area is 97.6 Å². The van der Waals surface area contributed by atoms with Gasteiger partial charge in [0.1, 0.15) is 17.4 Å². The number of rotatable bonds is 4. The van der Waals surface area contributed by atoms with E-state index in [4.69, 9.17) is 15.2 Å². The van der Waals surface area contributed by atoms with E-state index in [9.17, 15) is 0 Å². The molecule has 0 amide bonds. The average molecular weight is 236 g/mol. The van der Waals surface area contributed by atoms with Gasteiger partial charge in [0.05, 0.1) is 13.3 Å². The van der Waals surface area contributed by atoms with Crippen LogP contribution < -0.4 is 15.2 Å². The van der Waals surface area contributed by atoms with Gasteiger partial charge in [-0.15, -0.1) is 0 Å². The van der Waals surface area contributed by atoms with E-state index in [2.05, 4.69) is 4.98 Å². The highest BCUT2D eigenvalue weighted by Crippen LogP contribution is 2.23. The first-order valence-corrected chi connectivity index (χ1v) is 5.56. The fourth-order valence-electron chi connectivity index (χ4n) is 1.20. The lowest BCUT2D eigenvalue weighted by Gasteiger charge is -2.03. The molecule has 1 heterocycles. The number of anilines is 1. The zero-order valence-corrected chi connectivity index (χ0v) is 9.66. The molecule has 0 radical (unpaired) electrons. The molecule has 0 saturated carbocycles. The minimum Gasteiger partial charge on any atom is -0.497 e. The summed E-state index contributed by atoms with van der Waals surface area (Å²) in [6.07, 6.45) is 1.59. The maximum atomic E-state index is 5.54. The van der Waals surface area contributed by atoms with Crippen LogP contribution in [0.5, 0.6) is 10.9 Å². The van der Waals surface area contributed by atoms with E-state index < -0.39 is 0 Å². The zero-order chi connectivity index (χ0) is 11.4. The summed E-state index contributed by atoms with van der Waals surface area (Å²) in [4.78, 5) is 4.01. The summed E-state index contributed by atoms with van der Waals surface area (Å²) in [7, 11) is 1.64. The minimum absolute atomic E-state index is 0.483. The van der Waals surface area contributed by atoms with Crippen LogP contribution in [0.2, 0.25) is 0 Å². The number of nitrogens with zero attached hydrogens (tertiary/aromatic N) is 1. The van der Waals surface area contributed by atoms with E-state index in [0.29, 0.717) is 16.8 Å². The number of benzene rings is 1.